The largest absolute Gasteiger partial charge is 0.497 e. The summed E-state index contributed by atoms with van der Waals surface area (Å²) in [6, 6.07) is 13.6. The molecule has 1 fully saturated rings. The monoisotopic (exact) mass is 393 g/mol. The molecule has 1 saturated heterocycles. The third-order valence-corrected chi connectivity index (χ3v) is 6.18. The number of carbonyl (C=O) groups is 2. The highest BCUT2D eigenvalue weighted by molar-refractivity contribution is 6.02. The van der Waals surface area contributed by atoms with Crippen molar-refractivity contribution in [2.24, 2.45) is 0 Å². The number of likely N-dealkylation sites (tertiary alicyclic amines) is 1. The first-order chi connectivity index (χ1) is 13.9. The highest BCUT2D eigenvalue weighted by Gasteiger charge is 2.44. The molecule has 2 aliphatic rings. The van der Waals surface area contributed by atoms with Gasteiger partial charge in [-0.3, -0.25) is 9.59 Å². The zero-order valence-corrected chi connectivity index (χ0v) is 17.2. The van der Waals surface area contributed by atoms with Crippen LogP contribution in [0.25, 0.3) is 0 Å². The maximum atomic E-state index is 12.8. The number of hydrogen-bond acceptors (Lipinski definition) is 4. The average molecular weight is 393 g/mol. The molecule has 6 heteroatoms. The lowest BCUT2D eigenvalue weighted by atomic mass is 9.90. The Labute approximate surface area is 171 Å². The van der Waals surface area contributed by atoms with Gasteiger partial charge in [0.1, 0.15) is 11.4 Å². The second kappa shape index (κ2) is 7.43. The predicted molar refractivity (Wildman–Crippen MR) is 112 cm³/mol. The van der Waals surface area contributed by atoms with Gasteiger partial charge in [0.15, 0.2) is 0 Å². The SMILES string of the molecule is COc1cccc(CC(=O)N2CCC3(CC2)NC(=O)c2cc(C)ccc2N3C)c1. The van der Waals surface area contributed by atoms with Gasteiger partial charge in [-0.15, -0.1) is 0 Å². The molecular formula is C23H27N3O3. The molecule has 0 unspecified atom stereocenters. The van der Waals surface area contributed by atoms with Crippen LogP contribution < -0.4 is 15.0 Å². The zero-order chi connectivity index (χ0) is 20.6. The van der Waals surface area contributed by atoms with Gasteiger partial charge in [0.2, 0.25) is 5.91 Å². The number of benzene rings is 2. The number of methoxy groups -OCH3 is 1. The van der Waals surface area contributed by atoms with Crippen LogP contribution in [0.4, 0.5) is 5.69 Å². The predicted octanol–water partition coefficient (Wildman–Crippen LogP) is 2.74. The summed E-state index contributed by atoms with van der Waals surface area (Å²) in [5.74, 6) is 0.834. The minimum absolute atomic E-state index is 0.0297. The Kier molecular flexibility index (Phi) is 4.94. The molecule has 0 saturated carbocycles. The zero-order valence-electron chi connectivity index (χ0n) is 17.2. The lowest BCUT2D eigenvalue weighted by Gasteiger charge is -2.51. The molecule has 2 heterocycles. The number of ether oxygens (including phenoxy) is 1. The molecule has 0 atom stereocenters. The molecule has 0 aliphatic carbocycles. The molecule has 0 bridgehead atoms. The molecule has 2 aromatic rings. The Hall–Kier alpha value is -3.02. The highest BCUT2D eigenvalue weighted by atomic mass is 16.5. The first-order valence-corrected chi connectivity index (χ1v) is 9.99. The van der Waals surface area contributed by atoms with Gasteiger partial charge in [0, 0.05) is 33.0 Å². The number of aryl methyl sites for hydroxylation is 1. The molecule has 4 rings (SSSR count). The molecule has 6 nitrogen and oxygen atoms in total. The molecule has 0 radical (unpaired) electrons. The summed E-state index contributed by atoms with van der Waals surface area (Å²) in [6.07, 6.45) is 1.76. The topological polar surface area (TPSA) is 61.9 Å². The molecule has 152 valence electrons. The van der Waals surface area contributed by atoms with E-state index in [0.29, 0.717) is 32.4 Å². The summed E-state index contributed by atoms with van der Waals surface area (Å²) in [5.41, 5.74) is 3.25. The Morgan fingerprint density at radius 2 is 1.93 bits per heavy atom. The lowest BCUT2D eigenvalue weighted by molar-refractivity contribution is -0.132. The number of rotatable bonds is 3. The number of piperidine rings is 1. The van der Waals surface area contributed by atoms with Crippen LogP contribution in [-0.4, -0.2) is 49.6 Å². The van der Waals surface area contributed by atoms with E-state index in [1.54, 1.807) is 7.11 Å². The van der Waals surface area contributed by atoms with Crippen molar-refractivity contribution in [2.75, 3.05) is 32.1 Å². The van der Waals surface area contributed by atoms with Crippen molar-refractivity contribution in [2.45, 2.75) is 31.8 Å². The number of nitrogens with zero attached hydrogens (tertiary/aromatic N) is 2. The Bertz CT molecular complexity index is 948. The van der Waals surface area contributed by atoms with E-state index in [2.05, 4.69) is 10.2 Å². The third kappa shape index (κ3) is 3.55. The Balaban J connectivity index is 1.45. The minimum Gasteiger partial charge on any atom is -0.497 e. The first kappa shape index (κ1) is 19.3. The maximum absolute atomic E-state index is 12.8. The van der Waals surface area contributed by atoms with Gasteiger partial charge in [0.05, 0.1) is 24.8 Å². The number of anilines is 1. The smallest absolute Gasteiger partial charge is 0.255 e. The van der Waals surface area contributed by atoms with Gasteiger partial charge in [-0.2, -0.15) is 0 Å². The Morgan fingerprint density at radius 3 is 2.66 bits per heavy atom. The van der Waals surface area contributed by atoms with Gasteiger partial charge in [-0.25, -0.2) is 0 Å². The number of hydrogen-bond donors (Lipinski definition) is 1. The van der Waals surface area contributed by atoms with E-state index in [-0.39, 0.29) is 11.8 Å². The second-order valence-corrected chi connectivity index (χ2v) is 7.97. The number of fused-ring (bicyclic) bond motifs is 1. The molecule has 1 spiro atoms. The van der Waals surface area contributed by atoms with E-state index >= 15 is 0 Å². The summed E-state index contributed by atoms with van der Waals surface area (Å²) >= 11 is 0. The van der Waals surface area contributed by atoms with Crippen molar-refractivity contribution < 1.29 is 14.3 Å². The molecular weight excluding hydrogens is 366 g/mol. The third-order valence-electron chi connectivity index (χ3n) is 6.18. The normalized spacial score (nSPS) is 17.7. The fourth-order valence-corrected chi connectivity index (χ4v) is 4.37. The number of carbonyl (C=O) groups excluding carboxylic acids is 2. The fraction of sp³-hybridized carbons (Fsp3) is 0.391. The van der Waals surface area contributed by atoms with Gasteiger partial charge in [0.25, 0.3) is 5.91 Å². The minimum atomic E-state index is -0.438. The standard InChI is InChI=1S/C23H27N3O3/c1-16-7-8-20-19(13-16)22(28)24-23(25(20)2)9-11-26(12-10-23)21(27)15-17-5-4-6-18(14-17)29-3/h4-8,13-14H,9-12,15H2,1-3H3,(H,24,28). The van der Waals surface area contributed by atoms with E-state index in [1.165, 1.54) is 0 Å². The van der Waals surface area contributed by atoms with Crippen LogP contribution in [0.2, 0.25) is 0 Å². The van der Waals surface area contributed by atoms with E-state index in [9.17, 15) is 9.59 Å². The molecule has 1 N–H and O–H groups in total. The maximum Gasteiger partial charge on any atom is 0.255 e. The van der Waals surface area contributed by atoms with Crippen molar-refractivity contribution in [3.8, 4) is 5.75 Å². The average Bonchev–Trinajstić information content (AvgIpc) is 2.73. The first-order valence-electron chi connectivity index (χ1n) is 9.99. The molecule has 2 aliphatic heterocycles. The van der Waals surface area contributed by atoms with E-state index < -0.39 is 5.66 Å². The van der Waals surface area contributed by atoms with Crippen molar-refractivity contribution in [1.29, 1.82) is 0 Å². The Morgan fingerprint density at radius 1 is 1.17 bits per heavy atom. The van der Waals surface area contributed by atoms with Crippen LogP contribution in [0.5, 0.6) is 5.75 Å². The fourth-order valence-electron chi connectivity index (χ4n) is 4.37. The molecule has 29 heavy (non-hydrogen) atoms. The summed E-state index contributed by atoms with van der Waals surface area (Å²) < 4.78 is 5.24. The van der Waals surface area contributed by atoms with Crippen LogP contribution in [0.1, 0.15) is 34.3 Å². The van der Waals surface area contributed by atoms with Gasteiger partial charge in [-0.1, -0.05) is 23.8 Å². The van der Waals surface area contributed by atoms with Crippen molar-refractivity contribution in [1.82, 2.24) is 10.2 Å². The van der Waals surface area contributed by atoms with Crippen LogP contribution in [0.3, 0.4) is 0 Å². The molecule has 0 aromatic heterocycles. The van der Waals surface area contributed by atoms with Crippen LogP contribution in [0.15, 0.2) is 42.5 Å². The summed E-state index contributed by atoms with van der Waals surface area (Å²) in [6.45, 7) is 3.23. The highest BCUT2D eigenvalue weighted by Crippen LogP contribution is 2.36. The van der Waals surface area contributed by atoms with Crippen molar-refractivity contribution >= 4 is 17.5 Å². The van der Waals surface area contributed by atoms with E-state index in [0.717, 1.165) is 28.1 Å². The van der Waals surface area contributed by atoms with Gasteiger partial charge < -0.3 is 19.9 Å². The van der Waals surface area contributed by atoms with Gasteiger partial charge in [-0.05, 0) is 36.8 Å². The van der Waals surface area contributed by atoms with Crippen molar-refractivity contribution in [3.05, 3.63) is 59.2 Å². The summed E-state index contributed by atoms with van der Waals surface area (Å²) in [7, 11) is 3.65. The lowest BCUT2D eigenvalue weighted by Crippen LogP contribution is -2.67. The quantitative estimate of drug-likeness (QED) is 0.871. The summed E-state index contributed by atoms with van der Waals surface area (Å²) in [4.78, 5) is 29.6. The van der Waals surface area contributed by atoms with E-state index in [4.69, 9.17) is 4.74 Å². The van der Waals surface area contributed by atoms with E-state index in [1.807, 2.05) is 61.3 Å². The summed E-state index contributed by atoms with van der Waals surface area (Å²) in [5, 5.41) is 3.22. The van der Waals surface area contributed by atoms with Crippen molar-refractivity contribution in [3.63, 3.8) is 0 Å². The van der Waals surface area contributed by atoms with Crippen LogP contribution >= 0.6 is 0 Å². The number of amides is 2. The molecule has 2 amide bonds. The number of nitrogens with one attached hydrogen (secondary N) is 1. The second-order valence-electron chi connectivity index (χ2n) is 7.97. The van der Waals surface area contributed by atoms with Gasteiger partial charge >= 0.3 is 0 Å². The molecule has 2 aromatic carbocycles. The van der Waals surface area contributed by atoms with Crippen LogP contribution in [-0.2, 0) is 11.2 Å². The van der Waals surface area contributed by atoms with Crippen LogP contribution in [0, 0.1) is 6.92 Å².